The number of fused-ring (bicyclic) bond motifs is 1. The minimum atomic E-state index is -0.0631. The first kappa shape index (κ1) is 16.2. The number of nitrogen functional groups attached to an aromatic ring is 1. The van der Waals surface area contributed by atoms with Crippen LogP contribution < -0.4 is 5.73 Å². The summed E-state index contributed by atoms with van der Waals surface area (Å²) < 4.78 is 1.96. The molecule has 5 heteroatoms. The fourth-order valence-corrected chi connectivity index (χ4v) is 2.90. The van der Waals surface area contributed by atoms with Gasteiger partial charge in [0.1, 0.15) is 17.8 Å². The lowest BCUT2D eigenvalue weighted by Gasteiger charge is -2.07. The van der Waals surface area contributed by atoms with Gasteiger partial charge in [0.05, 0.1) is 10.9 Å². The van der Waals surface area contributed by atoms with Crippen molar-refractivity contribution in [3.05, 3.63) is 60.4 Å². The molecule has 0 aliphatic carbocycles. The summed E-state index contributed by atoms with van der Waals surface area (Å²) in [6.07, 6.45) is 4.90. The van der Waals surface area contributed by atoms with E-state index in [1.54, 1.807) is 0 Å². The highest BCUT2D eigenvalue weighted by molar-refractivity contribution is 6.18. The Morgan fingerprint density at radius 1 is 1.33 bits per heavy atom. The quantitative estimate of drug-likeness (QED) is 0.729. The van der Waals surface area contributed by atoms with E-state index in [1.165, 1.54) is 6.33 Å². The van der Waals surface area contributed by atoms with Gasteiger partial charge in [0.25, 0.3) is 0 Å². The van der Waals surface area contributed by atoms with E-state index in [-0.39, 0.29) is 11.8 Å². The van der Waals surface area contributed by atoms with Crippen molar-refractivity contribution in [3.8, 4) is 0 Å². The van der Waals surface area contributed by atoms with Gasteiger partial charge in [0, 0.05) is 17.8 Å². The summed E-state index contributed by atoms with van der Waals surface area (Å²) in [6, 6.07) is 7.83. The van der Waals surface area contributed by atoms with Crippen LogP contribution in [0, 0.1) is 6.92 Å². The lowest BCUT2D eigenvalue weighted by Crippen LogP contribution is -2.03. The number of aryl methyl sites for hydroxylation is 1. The van der Waals surface area contributed by atoms with Gasteiger partial charge in [-0.15, -0.1) is 0 Å². The Morgan fingerprint density at radius 3 is 2.83 bits per heavy atom. The Balaban J connectivity index is 2.15. The Kier molecular flexibility index (Phi) is 4.34. The number of rotatable bonds is 5. The van der Waals surface area contributed by atoms with Gasteiger partial charge in [0.2, 0.25) is 0 Å². The van der Waals surface area contributed by atoms with Crippen molar-refractivity contribution in [1.29, 1.82) is 0 Å². The average molecular weight is 321 g/mol. The summed E-state index contributed by atoms with van der Waals surface area (Å²) >= 11 is 0. The molecule has 2 N–H and O–H groups in total. The van der Waals surface area contributed by atoms with E-state index in [9.17, 15) is 4.79 Å². The van der Waals surface area contributed by atoms with Crippen molar-refractivity contribution in [2.75, 3.05) is 5.73 Å². The van der Waals surface area contributed by atoms with Gasteiger partial charge in [-0.2, -0.15) is 0 Å². The number of nitrogens with zero attached hydrogens (tertiary/aromatic N) is 3. The minimum absolute atomic E-state index is 0.0631. The van der Waals surface area contributed by atoms with Crippen molar-refractivity contribution in [2.45, 2.75) is 32.7 Å². The zero-order valence-corrected chi connectivity index (χ0v) is 14.0. The van der Waals surface area contributed by atoms with Gasteiger partial charge in [-0.3, -0.25) is 4.79 Å². The first-order valence-electron chi connectivity index (χ1n) is 8.06. The molecule has 0 atom stereocenters. The smallest absolute Gasteiger partial charge is 0.195 e. The number of benzene rings is 1. The lowest BCUT2D eigenvalue weighted by molar-refractivity contribution is 0.104. The van der Waals surface area contributed by atoms with Crippen molar-refractivity contribution < 1.29 is 4.79 Å². The van der Waals surface area contributed by atoms with Crippen LogP contribution in [0.2, 0.25) is 0 Å². The summed E-state index contributed by atoms with van der Waals surface area (Å²) in [5, 5.41) is 0.624. The number of carbonyl (C=O) groups excluding carboxylic acids is 1. The maximum absolute atomic E-state index is 13.1. The molecule has 123 valence electrons. The van der Waals surface area contributed by atoms with Crippen molar-refractivity contribution in [3.63, 3.8) is 0 Å². The zero-order valence-electron chi connectivity index (χ0n) is 14.0. The number of aromatic nitrogens is 3. The molecule has 0 amide bonds. The van der Waals surface area contributed by atoms with Crippen LogP contribution in [0.15, 0.2) is 36.8 Å². The highest BCUT2D eigenvalue weighted by atomic mass is 16.1. The number of hydrogen-bond acceptors (Lipinski definition) is 4. The SMILES string of the molecule is [CH2]CCc1cccc(C(=O)c2cn(C(C)C)c3ncnc(N)c23)c1. The van der Waals surface area contributed by atoms with Gasteiger partial charge in [-0.1, -0.05) is 25.1 Å². The fraction of sp³-hybridized carbons (Fsp3) is 0.263. The molecule has 2 heterocycles. The maximum atomic E-state index is 13.1. The molecule has 1 radical (unpaired) electrons. The number of anilines is 1. The molecule has 0 saturated heterocycles. The molecule has 0 bridgehead atoms. The van der Waals surface area contributed by atoms with E-state index >= 15 is 0 Å². The van der Waals surface area contributed by atoms with E-state index in [2.05, 4.69) is 16.9 Å². The summed E-state index contributed by atoms with van der Waals surface area (Å²) in [5.41, 5.74) is 9.02. The molecule has 3 aromatic rings. The highest BCUT2D eigenvalue weighted by Gasteiger charge is 2.21. The largest absolute Gasteiger partial charge is 0.383 e. The average Bonchev–Trinajstić information content (AvgIpc) is 2.96. The maximum Gasteiger partial charge on any atom is 0.195 e. The highest BCUT2D eigenvalue weighted by Crippen LogP contribution is 2.28. The molecule has 24 heavy (non-hydrogen) atoms. The van der Waals surface area contributed by atoms with Crippen LogP contribution in [0.25, 0.3) is 11.0 Å². The number of ketones is 1. The van der Waals surface area contributed by atoms with Gasteiger partial charge in [0.15, 0.2) is 5.78 Å². The summed E-state index contributed by atoms with van der Waals surface area (Å²) in [6.45, 7) is 7.95. The van der Waals surface area contributed by atoms with Gasteiger partial charge in [-0.05, 0) is 38.3 Å². The first-order chi connectivity index (χ1) is 11.5. The molecule has 2 aromatic heterocycles. The van der Waals surface area contributed by atoms with Crippen LogP contribution in [0.5, 0.6) is 0 Å². The first-order valence-corrected chi connectivity index (χ1v) is 8.06. The van der Waals surface area contributed by atoms with Crippen LogP contribution in [-0.4, -0.2) is 20.3 Å². The zero-order chi connectivity index (χ0) is 17.3. The molecular weight excluding hydrogens is 300 g/mol. The van der Waals surface area contributed by atoms with E-state index in [4.69, 9.17) is 5.73 Å². The lowest BCUT2D eigenvalue weighted by atomic mass is 10.00. The second-order valence-corrected chi connectivity index (χ2v) is 6.13. The van der Waals surface area contributed by atoms with Gasteiger partial charge >= 0.3 is 0 Å². The van der Waals surface area contributed by atoms with Crippen LogP contribution in [0.3, 0.4) is 0 Å². The monoisotopic (exact) mass is 321 g/mol. The van der Waals surface area contributed by atoms with Crippen molar-refractivity contribution in [1.82, 2.24) is 14.5 Å². The second-order valence-electron chi connectivity index (χ2n) is 6.13. The van der Waals surface area contributed by atoms with Crippen LogP contribution in [0.1, 0.15) is 47.8 Å². The Morgan fingerprint density at radius 2 is 2.12 bits per heavy atom. The molecule has 0 unspecified atom stereocenters. The van der Waals surface area contributed by atoms with E-state index in [0.29, 0.717) is 28.0 Å². The molecule has 0 fully saturated rings. The minimum Gasteiger partial charge on any atom is -0.383 e. The summed E-state index contributed by atoms with van der Waals surface area (Å²) in [5.74, 6) is 0.267. The molecule has 5 nitrogen and oxygen atoms in total. The predicted molar refractivity (Wildman–Crippen MR) is 95.9 cm³/mol. The Hall–Kier alpha value is -2.69. The topological polar surface area (TPSA) is 73.8 Å². The second kappa shape index (κ2) is 6.43. The Bertz CT molecular complexity index is 896. The molecule has 1 aromatic carbocycles. The third-order valence-electron chi connectivity index (χ3n) is 4.09. The molecule has 0 aliphatic rings. The Labute approximate surface area is 141 Å². The molecular formula is C19H21N4O. The molecule has 0 spiro atoms. The van der Waals surface area contributed by atoms with Crippen molar-refractivity contribution >= 4 is 22.6 Å². The van der Waals surface area contributed by atoms with E-state index < -0.39 is 0 Å². The summed E-state index contributed by atoms with van der Waals surface area (Å²) in [4.78, 5) is 21.4. The third kappa shape index (κ3) is 2.77. The number of hydrogen-bond donors (Lipinski definition) is 1. The van der Waals surface area contributed by atoms with Crippen LogP contribution in [0.4, 0.5) is 5.82 Å². The van der Waals surface area contributed by atoms with Crippen LogP contribution >= 0.6 is 0 Å². The normalized spacial score (nSPS) is 11.3. The number of nitrogens with two attached hydrogens (primary N) is 1. The molecule has 0 saturated carbocycles. The third-order valence-corrected chi connectivity index (χ3v) is 4.09. The van der Waals surface area contributed by atoms with E-state index in [0.717, 1.165) is 18.4 Å². The van der Waals surface area contributed by atoms with Gasteiger partial charge < -0.3 is 10.3 Å². The summed E-state index contributed by atoms with van der Waals surface area (Å²) in [7, 11) is 0. The molecule has 3 rings (SSSR count). The molecule has 0 aliphatic heterocycles. The fourth-order valence-electron chi connectivity index (χ4n) is 2.90. The standard InChI is InChI=1S/C19H21N4O/c1-4-6-13-7-5-8-14(9-13)17(24)15-10-23(12(2)3)19-16(15)18(20)21-11-22-19/h5,7-12H,1,4,6H2,2-3H3,(H2,20,21,22). The predicted octanol–water partition coefficient (Wildman–Crippen LogP) is 3.59. The van der Waals surface area contributed by atoms with E-state index in [1.807, 2.05) is 48.9 Å². The number of carbonyl (C=O) groups is 1. The van der Waals surface area contributed by atoms with Crippen LogP contribution in [-0.2, 0) is 6.42 Å². The van der Waals surface area contributed by atoms with Gasteiger partial charge in [-0.25, -0.2) is 9.97 Å². The van der Waals surface area contributed by atoms with Crippen molar-refractivity contribution in [2.24, 2.45) is 0 Å².